The van der Waals surface area contributed by atoms with Gasteiger partial charge < -0.3 is 10.1 Å². The number of carbonyl (C=O) groups is 2. The number of anilines is 1. The van der Waals surface area contributed by atoms with Crippen LogP contribution in [0.25, 0.3) is 0 Å². The highest BCUT2D eigenvalue weighted by Crippen LogP contribution is 2.33. The van der Waals surface area contributed by atoms with Gasteiger partial charge in [0.05, 0.1) is 19.2 Å². The van der Waals surface area contributed by atoms with E-state index < -0.39 is 16.0 Å². The van der Waals surface area contributed by atoms with Crippen molar-refractivity contribution in [2.45, 2.75) is 36.9 Å². The summed E-state index contributed by atoms with van der Waals surface area (Å²) in [7, 11) is -2.17. The number of sulfonamides is 1. The lowest BCUT2D eigenvalue weighted by atomic mass is 10.1. The Morgan fingerprint density at radius 3 is 2.57 bits per heavy atom. The van der Waals surface area contributed by atoms with Crippen LogP contribution >= 0.6 is 22.7 Å². The molecule has 2 N–H and O–H groups in total. The molecule has 1 amide bonds. The van der Waals surface area contributed by atoms with Crippen LogP contribution < -0.4 is 10.0 Å². The van der Waals surface area contributed by atoms with Crippen molar-refractivity contribution in [1.29, 1.82) is 0 Å². The fourth-order valence-electron chi connectivity index (χ4n) is 3.33. The lowest BCUT2D eigenvalue weighted by Crippen LogP contribution is -2.46. The van der Waals surface area contributed by atoms with Crippen LogP contribution in [0.4, 0.5) is 5.00 Å². The highest BCUT2D eigenvalue weighted by Gasteiger charge is 2.27. The van der Waals surface area contributed by atoms with Crippen LogP contribution in [0.1, 0.15) is 33.6 Å². The molecule has 3 heterocycles. The molecule has 164 valence electrons. The number of nitrogens with one attached hydrogen (secondary N) is 2. The molecule has 0 unspecified atom stereocenters. The molecule has 0 bridgehead atoms. The van der Waals surface area contributed by atoms with E-state index in [2.05, 4.69) is 10.0 Å². The van der Waals surface area contributed by atoms with E-state index in [1.807, 2.05) is 18.7 Å². The van der Waals surface area contributed by atoms with Crippen LogP contribution in [0, 0.1) is 13.8 Å². The van der Waals surface area contributed by atoms with Crippen molar-refractivity contribution in [1.82, 2.24) is 9.62 Å². The average Bonchev–Trinajstić information content (AvgIpc) is 3.32. The molecule has 0 atom stereocenters. The molecule has 30 heavy (non-hydrogen) atoms. The zero-order valence-corrected chi connectivity index (χ0v) is 19.5. The summed E-state index contributed by atoms with van der Waals surface area (Å²) in [6, 6.07) is 3.15. The van der Waals surface area contributed by atoms with Gasteiger partial charge in [-0.3, -0.25) is 9.69 Å². The van der Waals surface area contributed by atoms with Crippen molar-refractivity contribution in [3.05, 3.63) is 33.5 Å². The number of esters is 1. The topological polar surface area (TPSA) is 105 Å². The van der Waals surface area contributed by atoms with Gasteiger partial charge in [-0.25, -0.2) is 17.9 Å². The number of likely N-dealkylation sites (tertiary alicyclic amines) is 1. The Kier molecular flexibility index (Phi) is 7.30. The predicted molar refractivity (Wildman–Crippen MR) is 118 cm³/mol. The molecule has 1 saturated heterocycles. The molecule has 1 aliphatic heterocycles. The number of methoxy groups -OCH3 is 1. The number of piperidine rings is 1. The third kappa shape index (κ3) is 5.27. The van der Waals surface area contributed by atoms with Crippen LogP contribution in [-0.2, 0) is 19.6 Å². The summed E-state index contributed by atoms with van der Waals surface area (Å²) in [4.78, 5) is 27.5. The van der Waals surface area contributed by atoms with Crippen molar-refractivity contribution >= 4 is 49.6 Å². The van der Waals surface area contributed by atoms with E-state index >= 15 is 0 Å². The van der Waals surface area contributed by atoms with E-state index in [0.29, 0.717) is 40.7 Å². The Balaban J connectivity index is 1.53. The zero-order valence-electron chi connectivity index (χ0n) is 17.1. The number of hydrogen-bond acceptors (Lipinski definition) is 8. The number of carbonyl (C=O) groups excluding carboxylic acids is 2. The van der Waals surface area contributed by atoms with Gasteiger partial charge in [-0.2, -0.15) is 0 Å². The van der Waals surface area contributed by atoms with E-state index in [1.54, 1.807) is 17.5 Å². The molecule has 11 heteroatoms. The molecule has 1 aliphatic rings. The highest BCUT2D eigenvalue weighted by molar-refractivity contribution is 7.91. The van der Waals surface area contributed by atoms with Gasteiger partial charge in [-0.15, -0.1) is 22.7 Å². The zero-order chi connectivity index (χ0) is 21.9. The normalized spacial score (nSPS) is 15.8. The van der Waals surface area contributed by atoms with Crippen molar-refractivity contribution in [2.24, 2.45) is 0 Å². The molecule has 1 fully saturated rings. The van der Waals surface area contributed by atoms with E-state index in [1.165, 1.54) is 29.8 Å². The SMILES string of the molecule is COC(=O)c1c(NC(=O)CN2CCC(NS(=O)(=O)c3cccs3)CC2)sc(C)c1C. The average molecular weight is 472 g/mol. The summed E-state index contributed by atoms with van der Waals surface area (Å²) in [6.45, 7) is 5.12. The lowest BCUT2D eigenvalue weighted by molar-refractivity contribution is -0.117. The van der Waals surface area contributed by atoms with Gasteiger partial charge in [0.2, 0.25) is 15.9 Å². The molecule has 0 aliphatic carbocycles. The number of nitrogens with zero attached hydrogens (tertiary/aromatic N) is 1. The number of rotatable bonds is 7. The number of thiophene rings is 2. The van der Waals surface area contributed by atoms with Crippen molar-refractivity contribution in [2.75, 3.05) is 32.1 Å². The van der Waals surface area contributed by atoms with Gasteiger partial charge >= 0.3 is 5.97 Å². The van der Waals surface area contributed by atoms with E-state index in [0.717, 1.165) is 10.4 Å². The van der Waals surface area contributed by atoms with Crippen molar-refractivity contribution < 1.29 is 22.7 Å². The molecule has 3 rings (SSSR count). The first-order valence-corrected chi connectivity index (χ1v) is 12.7. The maximum absolute atomic E-state index is 12.5. The van der Waals surface area contributed by atoms with Crippen molar-refractivity contribution in [3.8, 4) is 0 Å². The number of hydrogen-bond donors (Lipinski definition) is 2. The van der Waals surface area contributed by atoms with Gasteiger partial charge in [-0.1, -0.05) is 6.07 Å². The molecule has 0 saturated carbocycles. The van der Waals surface area contributed by atoms with Gasteiger partial charge in [0.1, 0.15) is 9.21 Å². The van der Waals surface area contributed by atoms with Crippen LogP contribution in [0.2, 0.25) is 0 Å². The smallest absolute Gasteiger partial charge is 0.341 e. The highest BCUT2D eigenvalue weighted by atomic mass is 32.2. The fraction of sp³-hybridized carbons (Fsp3) is 0.474. The minimum Gasteiger partial charge on any atom is -0.465 e. The maximum atomic E-state index is 12.5. The Morgan fingerprint density at radius 2 is 1.97 bits per heavy atom. The molecule has 0 radical (unpaired) electrons. The maximum Gasteiger partial charge on any atom is 0.341 e. The van der Waals surface area contributed by atoms with Crippen molar-refractivity contribution in [3.63, 3.8) is 0 Å². The number of amides is 1. The first-order chi connectivity index (χ1) is 14.2. The van der Waals surface area contributed by atoms with Gasteiger partial charge in [0, 0.05) is 24.0 Å². The van der Waals surface area contributed by atoms with Crippen LogP contribution in [-0.4, -0.2) is 58.0 Å². The summed E-state index contributed by atoms with van der Waals surface area (Å²) in [5, 5.41) is 5.06. The molecular formula is C19H25N3O5S3. The van der Waals surface area contributed by atoms with Crippen LogP contribution in [0.3, 0.4) is 0 Å². The Labute approximate surface area is 184 Å². The second kappa shape index (κ2) is 9.56. The van der Waals surface area contributed by atoms with Gasteiger partial charge in [-0.05, 0) is 43.7 Å². The standard InChI is InChI=1S/C19H25N3O5S3/c1-12-13(2)29-18(17(12)19(24)27-3)20-15(23)11-22-8-6-14(7-9-22)21-30(25,26)16-5-4-10-28-16/h4-5,10,14,21H,6-9,11H2,1-3H3,(H,20,23). The van der Waals surface area contributed by atoms with Crippen LogP contribution in [0.5, 0.6) is 0 Å². The van der Waals surface area contributed by atoms with Crippen LogP contribution in [0.15, 0.2) is 21.7 Å². The summed E-state index contributed by atoms with van der Waals surface area (Å²) in [6.07, 6.45) is 1.25. The lowest BCUT2D eigenvalue weighted by Gasteiger charge is -2.31. The second-order valence-electron chi connectivity index (χ2n) is 7.13. The molecule has 0 aromatic carbocycles. The molecular weight excluding hydrogens is 446 g/mol. The monoisotopic (exact) mass is 471 g/mol. The molecule has 2 aromatic heterocycles. The predicted octanol–water partition coefficient (Wildman–Crippen LogP) is 2.59. The first-order valence-electron chi connectivity index (χ1n) is 9.47. The molecule has 2 aromatic rings. The Hall–Kier alpha value is -1.79. The van der Waals surface area contributed by atoms with Gasteiger partial charge in [0.25, 0.3) is 0 Å². The third-order valence-corrected chi connectivity index (χ3v) is 9.10. The summed E-state index contributed by atoms with van der Waals surface area (Å²) in [5.74, 6) is -0.676. The molecule has 8 nitrogen and oxygen atoms in total. The van der Waals surface area contributed by atoms with E-state index in [9.17, 15) is 18.0 Å². The fourth-order valence-corrected chi connectivity index (χ4v) is 6.71. The summed E-state index contributed by atoms with van der Waals surface area (Å²) in [5.41, 5.74) is 1.20. The minimum absolute atomic E-state index is 0.148. The second-order valence-corrected chi connectivity index (χ2v) is 11.2. The Morgan fingerprint density at radius 1 is 1.27 bits per heavy atom. The first kappa shape index (κ1) is 22.9. The van der Waals surface area contributed by atoms with E-state index in [-0.39, 0.29) is 18.5 Å². The number of aryl methyl sites for hydroxylation is 1. The van der Waals surface area contributed by atoms with E-state index in [4.69, 9.17) is 4.74 Å². The quantitative estimate of drug-likeness (QED) is 0.602. The molecule has 0 spiro atoms. The Bertz CT molecular complexity index is 1010. The largest absolute Gasteiger partial charge is 0.465 e. The third-order valence-electron chi connectivity index (χ3n) is 5.06. The van der Waals surface area contributed by atoms with Gasteiger partial charge in [0.15, 0.2) is 0 Å². The summed E-state index contributed by atoms with van der Waals surface area (Å²) >= 11 is 2.54. The summed E-state index contributed by atoms with van der Waals surface area (Å²) < 4.78 is 32.6. The minimum atomic E-state index is -3.49. The number of ether oxygens (including phenoxy) is 1.